The third kappa shape index (κ3) is 5.95. The lowest BCUT2D eigenvalue weighted by Crippen LogP contribution is -2.32. The van der Waals surface area contributed by atoms with Crippen molar-refractivity contribution in [3.05, 3.63) is 24.3 Å². The van der Waals surface area contributed by atoms with Crippen molar-refractivity contribution in [1.82, 2.24) is 4.90 Å². The molecule has 21 heavy (non-hydrogen) atoms. The number of nitrogens with one attached hydrogen (secondary N) is 2. The minimum absolute atomic E-state index is 0.0201. The number of nitrogens with zero attached hydrogens (tertiary/aromatic N) is 1. The number of rotatable bonds is 7. The maximum atomic E-state index is 11.9. The number of hydrogen-bond acceptors (Lipinski definition) is 3. The lowest BCUT2D eigenvalue weighted by Gasteiger charge is -2.17. The molecular formula is C16H25N3O2. The van der Waals surface area contributed by atoms with Crippen molar-refractivity contribution in [3.63, 3.8) is 0 Å². The van der Waals surface area contributed by atoms with Gasteiger partial charge in [0.05, 0.1) is 6.54 Å². The Morgan fingerprint density at radius 3 is 1.90 bits per heavy atom. The van der Waals surface area contributed by atoms with Crippen LogP contribution in [0.5, 0.6) is 0 Å². The van der Waals surface area contributed by atoms with Gasteiger partial charge in [0.1, 0.15) is 0 Å². The molecule has 0 atom stereocenters. The molecule has 2 amide bonds. The number of hydrogen-bond donors (Lipinski definition) is 2. The SMILES string of the molecule is CCN(CC)CC(=O)Nc1ccc(NC(=O)C(C)C)cc1. The van der Waals surface area contributed by atoms with Gasteiger partial charge in [0.15, 0.2) is 0 Å². The molecule has 0 heterocycles. The average Bonchev–Trinajstić information content (AvgIpc) is 2.46. The summed E-state index contributed by atoms with van der Waals surface area (Å²) in [7, 11) is 0. The lowest BCUT2D eigenvalue weighted by molar-refractivity contribution is -0.119. The van der Waals surface area contributed by atoms with Crippen molar-refractivity contribution < 1.29 is 9.59 Å². The minimum Gasteiger partial charge on any atom is -0.326 e. The first-order valence-corrected chi connectivity index (χ1v) is 7.39. The fourth-order valence-corrected chi connectivity index (χ4v) is 1.77. The molecule has 116 valence electrons. The molecule has 1 aromatic carbocycles. The van der Waals surface area contributed by atoms with Crippen molar-refractivity contribution in [3.8, 4) is 0 Å². The van der Waals surface area contributed by atoms with Crippen LogP contribution in [-0.4, -0.2) is 36.3 Å². The predicted molar refractivity (Wildman–Crippen MR) is 86.3 cm³/mol. The predicted octanol–water partition coefficient (Wildman–Crippen LogP) is 2.56. The fourth-order valence-electron chi connectivity index (χ4n) is 1.77. The Morgan fingerprint density at radius 1 is 1.00 bits per heavy atom. The summed E-state index contributed by atoms with van der Waals surface area (Å²) in [6.45, 7) is 9.84. The molecule has 1 aromatic rings. The molecule has 0 unspecified atom stereocenters. The highest BCUT2D eigenvalue weighted by Crippen LogP contribution is 2.14. The molecule has 1 rings (SSSR count). The van der Waals surface area contributed by atoms with E-state index in [1.165, 1.54) is 0 Å². The average molecular weight is 291 g/mol. The zero-order chi connectivity index (χ0) is 15.8. The molecule has 0 aliphatic heterocycles. The first kappa shape index (κ1) is 17.2. The molecule has 0 aromatic heterocycles. The summed E-state index contributed by atoms with van der Waals surface area (Å²) in [5.41, 5.74) is 1.46. The Kier molecular flexibility index (Phi) is 6.88. The zero-order valence-corrected chi connectivity index (χ0v) is 13.3. The van der Waals surface area contributed by atoms with Gasteiger partial charge in [-0.1, -0.05) is 27.7 Å². The molecule has 0 aliphatic rings. The highest BCUT2D eigenvalue weighted by Gasteiger charge is 2.09. The number of amides is 2. The van der Waals surface area contributed by atoms with Gasteiger partial charge >= 0.3 is 0 Å². The molecule has 0 saturated heterocycles. The van der Waals surface area contributed by atoms with E-state index < -0.39 is 0 Å². The Morgan fingerprint density at radius 2 is 1.48 bits per heavy atom. The van der Waals surface area contributed by atoms with E-state index in [0.717, 1.165) is 24.5 Å². The van der Waals surface area contributed by atoms with Crippen LogP contribution in [0.1, 0.15) is 27.7 Å². The number of likely N-dealkylation sites (N-methyl/N-ethyl adjacent to an activating group) is 1. The van der Waals surface area contributed by atoms with E-state index in [1.54, 1.807) is 24.3 Å². The number of benzene rings is 1. The van der Waals surface area contributed by atoms with Gasteiger partial charge in [-0.05, 0) is 37.4 Å². The Balaban J connectivity index is 2.54. The quantitative estimate of drug-likeness (QED) is 0.811. The first-order valence-electron chi connectivity index (χ1n) is 7.39. The van der Waals surface area contributed by atoms with Crippen molar-refractivity contribution in [1.29, 1.82) is 0 Å². The molecule has 0 saturated carbocycles. The summed E-state index contributed by atoms with van der Waals surface area (Å²) in [6, 6.07) is 7.15. The zero-order valence-electron chi connectivity index (χ0n) is 13.3. The van der Waals surface area contributed by atoms with Crippen LogP contribution in [0.4, 0.5) is 11.4 Å². The highest BCUT2D eigenvalue weighted by atomic mass is 16.2. The van der Waals surface area contributed by atoms with Crippen LogP contribution in [0, 0.1) is 5.92 Å². The van der Waals surface area contributed by atoms with E-state index >= 15 is 0 Å². The van der Waals surface area contributed by atoms with Crippen LogP contribution in [0.25, 0.3) is 0 Å². The summed E-state index contributed by atoms with van der Waals surface area (Å²) >= 11 is 0. The smallest absolute Gasteiger partial charge is 0.238 e. The summed E-state index contributed by atoms with van der Waals surface area (Å²) < 4.78 is 0. The molecule has 0 aliphatic carbocycles. The third-order valence-electron chi connectivity index (χ3n) is 3.22. The van der Waals surface area contributed by atoms with Gasteiger partial charge in [-0.2, -0.15) is 0 Å². The van der Waals surface area contributed by atoms with Crippen LogP contribution in [0.15, 0.2) is 24.3 Å². The second kappa shape index (κ2) is 8.42. The second-order valence-corrected chi connectivity index (χ2v) is 5.23. The van der Waals surface area contributed by atoms with Gasteiger partial charge in [0, 0.05) is 17.3 Å². The molecular weight excluding hydrogens is 266 g/mol. The van der Waals surface area contributed by atoms with E-state index in [0.29, 0.717) is 6.54 Å². The monoisotopic (exact) mass is 291 g/mol. The van der Waals surface area contributed by atoms with Gasteiger partial charge in [-0.15, -0.1) is 0 Å². The molecule has 0 spiro atoms. The normalized spacial score (nSPS) is 10.8. The molecule has 5 nitrogen and oxygen atoms in total. The molecule has 0 bridgehead atoms. The van der Waals surface area contributed by atoms with E-state index in [1.807, 2.05) is 32.6 Å². The van der Waals surface area contributed by atoms with E-state index in [4.69, 9.17) is 0 Å². The summed E-state index contributed by atoms with van der Waals surface area (Å²) in [5.74, 6) is -0.107. The van der Waals surface area contributed by atoms with Crippen LogP contribution in [0.3, 0.4) is 0 Å². The van der Waals surface area contributed by atoms with Gasteiger partial charge in [-0.3, -0.25) is 14.5 Å². The highest BCUT2D eigenvalue weighted by molar-refractivity contribution is 5.94. The number of carbonyl (C=O) groups excluding carboxylic acids is 2. The largest absolute Gasteiger partial charge is 0.326 e. The molecule has 0 fully saturated rings. The third-order valence-corrected chi connectivity index (χ3v) is 3.22. The Labute approximate surface area is 126 Å². The Bertz CT molecular complexity index is 465. The first-order chi connectivity index (χ1) is 9.96. The molecule has 0 radical (unpaired) electrons. The van der Waals surface area contributed by atoms with Crippen LogP contribution < -0.4 is 10.6 Å². The van der Waals surface area contributed by atoms with Gasteiger partial charge in [-0.25, -0.2) is 0 Å². The minimum atomic E-state index is -0.0570. The maximum Gasteiger partial charge on any atom is 0.238 e. The molecule has 5 heteroatoms. The summed E-state index contributed by atoms with van der Waals surface area (Å²) in [4.78, 5) is 25.5. The lowest BCUT2D eigenvalue weighted by atomic mass is 10.2. The van der Waals surface area contributed by atoms with E-state index in [-0.39, 0.29) is 17.7 Å². The van der Waals surface area contributed by atoms with Gasteiger partial charge < -0.3 is 10.6 Å². The van der Waals surface area contributed by atoms with Crippen molar-refractivity contribution in [2.45, 2.75) is 27.7 Å². The van der Waals surface area contributed by atoms with E-state index in [9.17, 15) is 9.59 Å². The summed E-state index contributed by atoms with van der Waals surface area (Å²) in [5, 5.41) is 5.66. The fraction of sp³-hybridized carbons (Fsp3) is 0.500. The van der Waals surface area contributed by atoms with Crippen LogP contribution in [-0.2, 0) is 9.59 Å². The number of carbonyl (C=O) groups is 2. The van der Waals surface area contributed by atoms with E-state index in [2.05, 4.69) is 10.6 Å². The number of anilines is 2. The van der Waals surface area contributed by atoms with Gasteiger partial charge in [0.25, 0.3) is 0 Å². The van der Waals surface area contributed by atoms with Crippen molar-refractivity contribution >= 4 is 23.2 Å². The van der Waals surface area contributed by atoms with Crippen molar-refractivity contribution in [2.24, 2.45) is 5.92 Å². The summed E-state index contributed by atoms with van der Waals surface area (Å²) in [6.07, 6.45) is 0. The second-order valence-electron chi connectivity index (χ2n) is 5.23. The van der Waals surface area contributed by atoms with Crippen LogP contribution in [0.2, 0.25) is 0 Å². The molecule has 2 N–H and O–H groups in total. The van der Waals surface area contributed by atoms with Crippen LogP contribution >= 0.6 is 0 Å². The Hall–Kier alpha value is -1.88. The van der Waals surface area contributed by atoms with Crippen molar-refractivity contribution in [2.75, 3.05) is 30.3 Å². The topological polar surface area (TPSA) is 61.4 Å². The maximum absolute atomic E-state index is 11.9. The standard InChI is InChI=1S/C16H25N3O2/c1-5-19(6-2)11-15(20)17-13-7-9-14(10-8-13)18-16(21)12(3)4/h7-10,12H,5-6,11H2,1-4H3,(H,17,20)(H,18,21). The van der Waals surface area contributed by atoms with Gasteiger partial charge in [0.2, 0.25) is 11.8 Å².